The number of hydrogen-bond donors (Lipinski definition) is 2. The van der Waals surface area contributed by atoms with E-state index in [-0.39, 0.29) is 0 Å². The predicted molar refractivity (Wildman–Crippen MR) is 70.9 cm³/mol. The van der Waals surface area contributed by atoms with Crippen LogP contribution in [-0.4, -0.2) is 32.3 Å². The van der Waals surface area contributed by atoms with E-state index < -0.39 is 0 Å². The largest absolute Gasteiger partial charge is 0.493 e. The van der Waals surface area contributed by atoms with E-state index in [1.807, 2.05) is 7.05 Å². The van der Waals surface area contributed by atoms with Crippen LogP contribution in [0.5, 0.6) is 0 Å². The molecule has 0 aromatic rings. The molecular weight excluding hydrogens is 212 g/mol. The molecular formula is C14H26N2O. The lowest BCUT2D eigenvalue weighted by Crippen LogP contribution is -2.57. The first-order chi connectivity index (χ1) is 8.26. The van der Waals surface area contributed by atoms with Crippen molar-refractivity contribution in [2.45, 2.75) is 45.3 Å². The summed E-state index contributed by atoms with van der Waals surface area (Å²) in [6.45, 7) is 6.70. The summed E-state index contributed by atoms with van der Waals surface area (Å²) in [6, 6.07) is 0.465. The van der Waals surface area contributed by atoms with Crippen molar-refractivity contribution in [3.63, 3.8) is 0 Å². The van der Waals surface area contributed by atoms with Crippen LogP contribution < -0.4 is 10.6 Å². The van der Waals surface area contributed by atoms with E-state index in [9.17, 15) is 0 Å². The minimum atomic E-state index is 0.465. The second-order valence-electron chi connectivity index (χ2n) is 5.43. The van der Waals surface area contributed by atoms with Gasteiger partial charge in [0.25, 0.3) is 0 Å². The van der Waals surface area contributed by atoms with Crippen molar-refractivity contribution in [3.8, 4) is 0 Å². The van der Waals surface area contributed by atoms with Crippen LogP contribution in [-0.2, 0) is 4.74 Å². The van der Waals surface area contributed by atoms with Crippen LogP contribution in [0.2, 0.25) is 0 Å². The summed E-state index contributed by atoms with van der Waals surface area (Å²) in [4.78, 5) is 0. The molecule has 1 saturated carbocycles. The third-order valence-corrected chi connectivity index (χ3v) is 4.00. The Kier molecular flexibility index (Phi) is 4.46. The fourth-order valence-corrected chi connectivity index (χ4v) is 2.50. The fourth-order valence-electron chi connectivity index (χ4n) is 2.50. The lowest BCUT2D eigenvalue weighted by molar-refractivity contribution is 0.0930. The van der Waals surface area contributed by atoms with Gasteiger partial charge in [0.15, 0.2) is 0 Å². The van der Waals surface area contributed by atoms with Gasteiger partial charge < -0.3 is 15.4 Å². The molecule has 3 heteroatoms. The normalized spacial score (nSPS) is 30.9. The molecule has 3 atom stereocenters. The fraction of sp³-hybridized carbons (Fsp3) is 0.857. The van der Waals surface area contributed by atoms with Crippen LogP contribution in [0.25, 0.3) is 0 Å². The number of nitrogens with one attached hydrogen (secondary N) is 2. The standard InChI is InChI=1S/C14H26N2O/c1-4-13(17-11-5-6-11)14-12(9-16-14)10(2)7-8-15-3/h4,10-12,14-16H,5-9H2,1-3H3/b13-4+/t10-,12+,14?/m1/s1. The van der Waals surface area contributed by atoms with E-state index in [1.165, 1.54) is 25.0 Å². The average molecular weight is 238 g/mol. The first-order valence-electron chi connectivity index (χ1n) is 6.97. The molecule has 0 spiro atoms. The molecule has 0 aromatic heterocycles. The number of ether oxygens (including phenoxy) is 1. The summed E-state index contributed by atoms with van der Waals surface area (Å²) in [5.74, 6) is 2.68. The second-order valence-corrected chi connectivity index (χ2v) is 5.43. The van der Waals surface area contributed by atoms with E-state index in [2.05, 4.69) is 30.6 Å². The molecule has 1 aliphatic heterocycles. The topological polar surface area (TPSA) is 33.3 Å². The van der Waals surface area contributed by atoms with Crippen molar-refractivity contribution in [2.75, 3.05) is 20.1 Å². The Morgan fingerprint density at radius 1 is 1.53 bits per heavy atom. The quantitative estimate of drug-likeness (QED) is 0.665. The van der Waals surface area contributed by atoms with Crippen LogP contribution in [0.1, 0.15) is 33.1 Å². The van der Waals surface area contributed by atoms with Crippen LogP contribution in [0.15, 0.2) is 11.8 Å². The summed E-state index contributed by atoms with van der Waals surface area (Å²) < 4.78 is 5.98. The molecule has 0 radical (unpaired) electrons. The summed E-state index contributed by atoms with van der Waals surface area (Å²) in [5, 5.41) is 6.76. The van der Waals surface area contributed by atoms with E-state index in [0.29, 0.717) is 12.1 Å². The van der Waals surface area contributed by atoms with Crippen LogP contribution >= 0.6 is 0 Å². The third kappa shape index (κ3) is 3.23. The van der Waals surface area contributed by atoms with Crippen LogP contribution in [0.4, 0.5) is 0 Å². The maximum Gasteiger partial charge on any atom is 0.109 e. The van der Waals surface area contributed by atoms with E-state index in [1.54, 1.807) is 0 Å². The first kappa shape index (κ1) is 12.9. The van der Waals surface area contributed by atoms with Crippen molar-refractivity contribution in [1.82, 2.24) is 10.6 Å². The van der Waals surface area contributed by atoms with E-state index in [0.717, 1.165) is 24.9 Å². The molecule has 0 amide bonds. The molecule has 2 N–H and O–H groups in total. The van der Waals surface area contributed by atoms with Crippen molar-refractivity contribution in [2.24, 2.45) is 11.8 Å². The molecule has 2 aliphatic rings. The highest BCUT2D eigenvalue weighted by Crippen LogP contribution is 2.34. The Labute approximate surface area is 105 Å². The second kappa shape index (κ2) is 5.87. The molecule has 2 fully saturated rings. The zero-order valence-corrected chi connectivity index (χ0v) is 11.3. The summed E-state index contributed by atoms with van der Waals surface area (Å²) >= 11 is 0. The average Bonchev–Trinajstić information content (AvgIpc) is 3.07. The van der Waals surface area contributed by atoms with Gasteiger partial charge in [-0.3, -0.25) is 0 Å². The van der Waals surface area contributed by atoms with Gasteiger partial charge in [-0.1, -0.05) is 6.92 Å². The number of allylic oxidation sites excluding steroid dienone is 1. The van der Waals surface area contributed by atoms with E-state index >= 15 is 0 Å². The van der Waals surface area contributed by atoms with Gasteiger partial charge in [-0.05, 0) is 57.7 Å². The highest BCUT2D eigenvalue weighted by Gasteiger charge is 2.39. The Morgan fingerprint density at radius 3 is 2.76 bits per heavy atom. The molecule has 0 bridgehead atoms. The molecule has 1 aliphatic carbocycles. The maximum absolute atomic E-state index is 5.98. The zero-order valence-electron chi connectivity index (χ0n) is 11.3. The highest BCUT2D eigenvalue weighted by atomic mass is 16.5. The molecule has 2 rings (SSSR count). The summed E-state index contributed by atoms with van der Waals surface area (Å²) in [5.41, 5.74) is 0. The van der Waals surface area contributed by atoms with Gasteiger partial charge in [0, 0.05) is 6.54 Å². The van der Waals surface area contributed by atoms with Crippen molar-refractivity contribution in [1.29, 1.82) is 0 Å². The first-order valence-corrected chi connectivity index (χ1v) is 6.97. The van der Waals surface area contributed by atoms with Crippen LogP contribution in [0, 0.1) is 11.8 Å². The van der Waals surface area contributed by atoms with Crippen molar-refractivity contribution < 1.29 is 4.74 Å². The monoisotopic (exact) mass is 238 g/mol. The van der Waals surface area contributed by atoms with Gasteiger partial charge in [0.05, 0.1) is 12.1 Å². The van der Waals surface area contributed by atoms with Crippen LogP contribution in [0.3, 0.4) is 0 Å². The molecule has 0 aromatic carbocycles. The van der Waals surface area contributed by atoms with Gasteiger partial charge in [0.2, 0.25) is 0 Å². The van der Waals surface area contributed by atoms with Gasteiger partial charge >= 0.3 is 0 Å². The van der Waals surface area contributed by atoms with Gasteiger partial charge in [-0.25, -0.2) is 0 Å². The lowest BCUT2D eigenvalue weighted by atomic mass is 9.78. The smallest absolute Gasteiger partial charge is 0.109 e. The Morgan fingerprint density at radius 2 is 2.29 bits per heavy atom. The Hall–Kier alpha value is -0.540. The van der Waals surface area contributed by atoms with Gasteiger partial charge in [-0.2, -0.15) is 0 Å². The lowest BCUT2D eigenvalue weighted by Gasteiger charge is -2.42. The van der Waals surface area contributed by atoms with Gasteiger partial charge in [-0.15, -0.1) is 0 Å². The molecule has 3 nitrogen and oxygen atoms in total. The molecule has 17 heavy (non-hydrogen) atoms. The minimum Gasteiger partial charge on any atom is -0.493 e. The maximum atomic E-state index is 5.98. The third-order valence-electron chi connectivity index (χ3n) is 4.00. The molecule has 98 valence electrons. The Balaban J connectivity index is 1.83. The summed E-state index contributed by atoms with van der Waals surface area (Å²) in [6.07, 6.45) is 6.39. The molecule has 1 unspecified atom stereocenters. The Bertz CT molecular complexity index is 273. The van der Waals surface area contributed by atoms with Gasteiger partial charge in [0.1, 0.15) is 5.76 Å². The molecule has 1 saturated heterocycles. The molecule has 1 heterocycles. The van der Waals surface area contributed by atoms with Crippen molar-refractivity contribution >= 4 is 0 Å². The zero-order chi connectivity index (χ0) is 12.3. The number of rotatable bonds is 7. The van der Waals surface area contributed by atoms with Crippen molar-refractivity contribution in [3.05, 3.63) is 11.8 Å². The SMILES string of the molecule is C/C=C(/OC1CC1)C1NC[C@H]1[C@H](C)CCNC. The minimum absolute atomic E-state index is 0.465. The number of hydrogen-bond acceptors (Lipinski definition) is 3. The summed E-state index contributed by atoms with van der Waals surface area (Å²) in [7, 11) is 2.02. The predicted octanol–water partition coefficient (Wildman–Crippen LogP) is 1.90. The highest BCUT2D eigenvalue weighted by molar-refractivity contribution is 5.12. The van der Waals surface area contributed by atoms with E-state index in [4.69, 9.17) is 4.74 Å².